The summed E-state index contributed by atoms with van der Waals surface area (Å²) >= 11 is 16.6. The molecule has 4 nitrogen and oxygen atoms in total. The van der Waals surface area contributed by atoms with Crippen LogP contribution in [-0.4, -0.2) is 33.3 Å². The number of benzene rings is 1. The van der Waals surface area contributed by atoms with Crippen LogP contribution < -0.4 is 5.32 Å². The fraction of sp³-hybridized carbons (Fsp3) is 0.214. The SMILES string of the molecule is O=C(CSC1=NCCS1)Nc1nc(-c2ccc(Cl)cc2Cl)cs1. The maximum Gasteiger partial charge on any atom is 0.236 e. The largest absolute Gasteiger partial charge is 0.301 e. The molecule has 1 N–H and O–H groups in total. The highest BCUT2D eigenvalue weighted by atomic mass is 35.5. The molecule has 23 heavy (non-hydrogen) atoms. The zero-order valence-electron chi connectivity index (χ0n) is 11.7. The van der Waals surface area contributed by atoms with Crippen molar-refractivity contribution < 1.29 is 4.79 Å². The molecular weight excluding hydrogens is 393 g/mol. The molecule has 1 amide bonds. The van der Waals surface area contributed by atoms with Crippen LogP contribution in [0.5, 0.6) is 0 Å². The second-order valence-corrected chi connectivity index (χ2v) is 8.50. The van der Waals surface area contributed by atoms with E-state index in [4.69, 9.17) is 23.2 Å². The number of aromatic nitrogens is 1. The zero-order chi connectivity index (χ0) is 16.2. The summed E-state index contributed by atoms with van der Waals surface area (Å²) in [5.41, 5.74) is 1.51. The predicted molar refractivity (Wildman–Crippen MR) is 103 cm³/mol. The summed E-state index contributed by atoms with van der Waals surface area (Å²) in [6.45, 7) is 0.840. The van der Waals surface area contributed by atoms with Crippen molar-refractivity contribution in [1.29, 1.82) is 0 Å². The van der Waals surface area contributed by atoms with E-state index >= 15 is 0 Å². The minimum atomic E-state index is -0.0895. The molecule has 9 heteroatoms. The first-order valence-corrected chi connectivity index (χ1v) is 10.2. The van der Waals surface area contributed by atoms with Gasteiger partial charge < -0.3 is 5.32 Å². The Bertz CT molecular complexity index is 763. The number of nitrogens with one attached hydrogen (secondary N) is 1. The van der Waals surface area contributed by atoms with Gasteiger partial charge >= 0.3 is 0 Å². The number of rotatable bonds is 4. The molecule has 3 rings (SSSR count). The molecule has 0 atom stereocenters. The summed E-state index contributed by atoms with van der Waals surface area (Å²) in [6, 6.07) is 5.25. The van der Waals surface area contributed by atoms with Crippen LogP contribution in [0.15, 0.2) is 28.6 Å². The Kier molecular flexibility index (Phi) is 5.87. The molecule has 0 unspecified atom stereocenters. The topological polar surface area (TPSA) is 54.4 Å². The van der Waals surface area contributed by atoms with Crippen LogP contribution in [0.2, 0.25) is 10.0 Å². The summed E-state index contributed by atoms with van der Waals surface area (Å²) < 4.78 is 0.980. The molecule has 1 aliphatic heterocycles. The fourth-order valence-corrected chi connectivity index (χ4v) is 4.88. The maximum absolute atomic E-state index is 12.0. The number of aliphatic imine (C=N–C) groups is 1. The minimum absolute atomic E-state index is 0.0895. The Morgan fingerprint density at radius 3 is 3.00 bits per heavy atom. The Hall–Kier alpha value is -0.730. The van der Waals surface area contributed by atoms with E-state index in [2.05, 4.69) is 15.3 Å². The highest BCUT2D eigenvalue weighted by Crippen LogP contribution is 2.32. The number of halogens is 2. The van der Waals surface area contributed by atoms with Crippen LogP contribution in [-0.2, 0) is 4.79 Å². The molecule has 1 aromatic carbocycles. The third-order valence-electron chi connectivity index (χ3n) is 2.84. The lowest BCUT2D eigenvalue weighted by molar-refractivity contribution is -0.113. The molecule has 0 fully saturated rings. The van der Waals surface area contributed by atoms with Gasteiger partial charge in [0.1, 0.15) is 4.38 Å². The van der Waals surface area contributed by atoms with Crippen molar-refractivity contribution in [3.05, 3.63) is 33.6 Å². The lowest BCUT2D eigenvalue weighted by atomic mass is 10.2. The molecule has 0 radical (unpaired) electrons. The summed E-state index contributed by atoms with van der Waals surface area (Å²) in [6.07, 6.45) is 0. The maximum atomic E-state index is 12.0. The molecular formula is C14H11Cl2N3OS3. The smallest absolute Gasteiger partial charge is 0.236 e. The Morgan fingerprint density at radius 2 is 2.26 bits per heavy atom. The number of thiazole rings is 1. The van der Waals surface area contributed by atoms with Gasteiger partial charge in [-0.25, -0.2) is 4.98 Å². The molecule has 0 saturated carbocycles. The number of anilines is 1. The van der Waals surface area contributed by atoms with Gasteiger partial charge in [-0.2, -0.15) is 0 Å². The van der Waals surface area contributed by atoms with E-state index in [1.807, 2.05) is 11.4 Å². The number of hydrogen-bond acceptors (Lipinski definition) is 6. The quantitative estimate of drug-likeness (QED) is 0.788. The first-order valence-electron chi connectivity index (χ1n) is 6.62. The van der Waals surface area contributed by atoms with Crippen molar-refractivity contribution in [3.8, 4) is 11.3 Å². The number of nitrogens with zero attached hydrogens (tertiary/aromatic N) is 2. The van der Waals surface area contributed by atoms with Gasteiger partial charge in [0.05, 0.1) is 23.0 Å². The van der Waals surface area contributed by atoms with Crippen LogP contribution in [0.1, 0.15) is 0 Å². The van der Waals surface area contributed by atoms with Crippen LogP contribution in [0.3, 0.4) is 0 Å². The summed E-state index contributed by atoms with van der Waals surface area (Å²) in [5.74, 6) is 1.25. The standard InChI is InChI=1S/C14H11Cl2N3OS3/c15-8-1-2-9(10(16)5-8)11-6-22-13(18-11)19-12(20)7-23-14-17-3-4-21-14/h1-2,5-6H,3-4,7H2,(H,18,19,20). The van der Waals surface area contributed by atoms with Gasteiger partial charge in [-0.15, -0.1) is 11.3 Å². The van der Waals surface area contributed by atoms with Crippen molar-refractivity contribution in [2.75, 3.05) is 23.4 Å². The van der Waals surface area contributed by atoms with Crippen molar-refractivity contribution in [3.63, 3.8) is 0 Å². The molecule has 0 bridgehead atoms. The van der Waals surface area contributed by atoms with Gasteiger partial charge in [-0.1, -0.05) is 46.7 Å². The lowest BCUT2D eigenvalue weighted by Gasteiger charge is -2.02. The van der Waals surface area contributed by atoms with E-state index < -0.39 is 0 Å². The predicted octanol–water partition coefficient (Wildman–Crippen LogP) is 4.89. The molecule has 0 aliphatic carbocycles. The molecule has 1 aromatic heterocycles. The second kappa shape index (κ2) is 7.90. The average Bonchev–Trinajstić information content (AvgIpc) is 3.17. The number of carbonyl (C=O) groups is 1. The number of hydrogen-bond donors (Lipinski definition) is 1. The minimum Gasteiger partial charge on any atom is -0.301 e. The van der Waals surface area contributed by atoms with Crippen LogP contribution >= 0.6 is 58.1 Å². The highest BCUT2D eigenvalue weighted by molar-refractivity contribution is 8.39. The lowest BCUT2D eigenvalue weighted by Crippen LogP contribution is -2.14. The van der Waals surface area contributed by atoms with Crippen LogP contribution in [0.25, 0.3) is 11.3 Å². The molecule has 1 aliphatic rings. The summed E-state index contributed by atoms with van der Waals surface area (Å²) in [7, 11) is 0. The van der Waals surface area contributed by atoms with E-state index in [9.17, 15) is 4.79 Å². The Morgan fingerprint density at radius 1 is 1.39 bits per heavy atom. The average molecular weight is 404 g/mol. The third-order valence-corrected chi connectivity index (χ3v) is 6.40. The van der Waals surface area contributed by atoms with Crippen molar-refractivity contribution in [2.45, 2.75) is 0 Å². The zero-order valence-corrected chi connectivity index (χ0v) is 15.7. The number of thioether (sulfide) groups is 2. The van der Waals surface area contributed by atoms with Gasteiger partial charge in [0.15, 0.2) is 5.13 Å². The number of amides is 1. The first-order chi connectivity index (χ1) is 11.1. The van der Waals surface area contributed by atoms with E-state index in [1.54, 1.807) is 23.9 Å². The van der Waals surface area contributed by atoms with Gasteiger partial charge in [-0.3, -0.25) is 9.79 Å². The van der Waals surface area contributed by atoms with E-state index in [-0.39, 0.29) is 5.91 Å². The van der Waals surface area contributed by atoms with Crippen molar-refractivity contribution in [1.82, 2.24) is 4.98 Å². The van der Waals surface area contributed by atoms with E-state index in [1.165, 1.54) is 23.1 Å². The van der Waals surface area contributed by atoms with Crippen molar-refractivity contribution in [2.24, 2.45) is 4.99 Å². The summed E-state index contributed by atoms with van der Waals surface area (Å²) in [5, 5.41) is 6.32. The van der Waals surface area contributed by atoms with Gasteiger partial charge in [0.25, 0.3) is 0 Å². The van der Waals surface area contributed by atoms with Crippen LogP contribution in [0.4, 0.5) is 5.13 Å². The van der Waals surface area contributed by atoms with Gasteiger partial charge in [0.2, 0.25) is 5.91 Å². The van der Waals surface area contributed by atoms with E-state index in [0.717, 1.165) is 27.9 Å². The Labute approximate surface area is 156 Å². The second-order valence-electron chi connectivity index (χ2n) is 4.50. The van der Waals surface area contributed by atoms with Gasteiger partial charge in [0, 0.05) is 21.7 Å². The summed E-state index contributed by atoms with van der Waals surface area (Å²) in [4.78, 5) is 20.7. The van der Waals surface area contributed by atoms with Crippen molar-refractivity contribution >= 4 is 73.5 Å². The molecule has 0 spiro atoms. The third kappa shape index (κ3) is 4.64. The molecule has 120 valence electrons. The normalized spacial score (nSPS) is 13.9. The van der Waals surface area contributed by atoms with E-state index in [0.29, 0.717) is 20.9 Å². The number of carbonyl (C=O) groups excluding carboxylic acids is 1. The molecule has 2 aromatic rings. The Balaban J connectivity index is 1.61. The first kappa shape index (κ1) is 17.1. The molecule has 0 saturated heterocycles. The van der Waals surface area contributed by atoms with Crippen LogP contribution in [0, 0.1) is 0 Å². The fourth-order valence-electron chi connectivity index (χ4n) is 1.84. The highest BCUT2D eigenvalue weighted by Gasteiger charge is 2.13. The molecule has 2 heterocycles. The monoisotopic (exact) mass is 403 g/mol. The van der Waals surface area contributed by atoms with Gasteiger partial charge in [-0.05, 0) is 18.2 Å².